The van der Waals surface area contributed by atoms with Gasteiger partial charge < -0.3 is 5.32 Å². The molecule has 7 heteroatoms. The molecule has 0 aromatic carbocycles. The monoisotopic (exact) mass is 291 g/mol. The molecule has 0 amide bonds. The summed E-state index contributed by atoms with van der Waals surface area (Å²) in [5, 5.41) is 5.37. The Kier molecular flexibility index (Phi) is 5.55. The van der Waals surface area contributed by atoms with Crippen LogP contribution >= 0.6 is 11.3 Å². The maximum Gasteiger partial charge on any atom is 0.234 e. The van der Waals surface area contributed by atoms with Crippen LogP contribution in [0.2, 0.25) is 0 Å². The van der Waals surface area contributed by atoms with Gasteiger partial charge in [0.25, 0.3) is 0 Å². The Hall–Kier alpha value is -0.660. The van der Waals surface area contributed by atoms with Crippen molar-refractivity contribution in [1.82, 2.24) is 10.3 Å². The smallest absolute Gasteiger partial charge is 0.234 e. The van der Waals surface area contributed by atoms with E-state index < -0.39 is 10.0 Å². The van der Waals surface area contributed by atoms with Crippen LogP contribution in [-0.4, -0.2) is 26.2 Å². The first-order chi connectivity index (χ1) is 8.34. The van der Waals surface area contributed by atoms with E-state index in [1.54, 1.807) is 0 Å². The highest BCUT2D eigenvalue weighted by Gasteiger charge is 2.15. The lowest BCUT2D eigenvalue weighted by Gasteiger charge is -2.07. The number of sulfonamides is 1. The van der Waals surface area contributed by atoms with E-state index in [4.69, 9.17) is 0 Å². The molecule has 1 aromatic heterocycles. The first kappa shape index (κ1) is 15.4. The zero-order chi connectivity index (χ0) is 13.8. The van der Waals surface area contributed by atoms with Gasteiger partial charge in [0, 0.05) is 11.4 Å². The van der Waals surface area contributed by atoms with Crippen molar-refractivity contribution in [1.29, 1.82) is 0 Å². The molecule has 2 N–H and O–H groups in total. The van der Waals surface area contributed by atoms with Crippen LogP contribution in [-0.2, 0) is 10.0 Å². The minimum atomic E-state index is -3.27. The number of thiazole rings is 1. The third-order valence-corrected chi connectivity index (χ3v) is 4.79. The number of aromatic nitrogens is 1. The highest BCUT2D eigenvalue weighted by atomic mass is 32.2. The van der Waals surface area contributed by atoms with Gasteiger partial charge in [0.15, 0.2) is 5.13 Å². The molecule has 0 aliphatic heterocycles. The molecular weight excluding hydrogens is 270 g/mol. The minimum absolute atomic E-state index is 0.121. The Balaban J connectivity index is 2.64. The van der Waals surface area contributed by atoms with Gasteiger partial charge >= 0.3 is 0 Å². The second-order valence-corrected chi connectivity index (χ2v) is 7.39. The van der Waals surface area contributed by atoms with Crippen LogP contribution in [0.25, 0.3) is 0 Å². The molecule has 104 valence electrons. The van der Waals surface area contributed by atoms with Crippen molar-refractivity contribution in [2.45, 2.75) is 33.2 Å². The predicted octanol–water partition coefficient (Wildman–Crippen LogP) is 2.21. The van der Waals surface area contributed by atoms with E-state index in [2.05, 4.69) is 15.0 Å². The first-order valence-electron chi connectivity index (χ1n) is 5.97. The summed E-state index contributed by atoms with van der Waals surface area (Å²) in [7, 11) is -1.43. The van der Waals surface area contributed by atoms with Crippen LogP contribution in [0.5, 0.6) is 0 Å². The molecule has 0 spiro atoms. The first-order valence-corrected chi connectivity index (χ1v) is 8.50. The average Bonchev–Trinajstić information content (AvgIpc) is 2.73. The zero-order valence-electron chi connectivity index (χ0n) is 11.2. The summed E-state index contributed by atoms with van der Waals surface area (Å²) in [5.74, 6) is 0.513. The Morgan fingerprint density at radius 3 is 2.61 bits per heavy atom. The van der Waals surface area contributed by atoms with E-state index >= 15 is 0 Å². The third kappa shape index (κ3) is 4.91. The molecule has 0 fully saturated rings. The molecule has 0 saturated carbocycles. The topological polar surface area (TPSA) is 71.1 Å². The SMILES string of the molecule is CNC(C)c1csc(NS(=O)(=O)CCC(C)C)n1. The lowest BCUT2D eigenvalue weighted by Crippen LogP contribution is -2.18. The molecule has 0 saturated heterocycles. The van der Waals surface area contributed by atoms with Crippen LogP contribution < -0.4 is 10.0 Å². The van der Waals surface area contributed by atoms with Crippen LogP contribution in [0.3, 0.4) is 0 Å². The van der Waals surface area contributed by atoms with Gasteiger partial charge in [-0.3, -0.25) is 4.72 Å². The summed E-state index contributed by atoms with van der Waals surface area (Å²) in [6.07, 6.45) is 0.653. The van der Waals surface area contributed by atoms with Gasteiger partial charge in [-0.15, -0.1) is 11.3 Å². The molecule has 5 nitrogen and oxygen atoms in total. The molecule has 1 unspecified atom stereocenters. The van der Waals surface area contributed by atoms with E-state index in [0.717, 1.165) is 5.69 Å². The predicted molar refractivity (Wildman–Crippen MR) is 76.5 cm³/mol. The number of nitrogens with zero attached hydrogens (tertiary/aromatic N) is 1. The van der Waals surface area contributed by atoms with Crippen molar-refractivity contribution in [3.05, 3.63) is 11.1 Å². The molecule has 0 aliphatic rings. The van der Waals surface area contributed by atoms with E-state index in [1.165, 1.54) is 11.3 Å². The van der Waals surface area contributed by atoms with E-state index in [9.17, 15) is 8.42 Å². The molecule has 1 heterocycles. The third-order valence-electron chi connectivity index (χ3n) is 2.61. The Labute approximate surface area is 113 Å². The van der Waals surface area contributed by atoms with Gasteiger partial charge in [-0.2, -0.15) is 0 Å². The maximum absolute atomic E-state index is 11.8. The van der Waals surface area contributed by atoms with Crippen molar-refractivity contribution in [2.24, 2.45) is 5.92 Å². The van der Waals surface area contributed by atoms with Gasteiger partial charge in [-0.1, -0.05) is 13.8 Å². The second kappa shape index (κ2) is 6.49. The number of rotatable bonds is 7. The lowest BCUT2D eigenvalue weighted by atomic mass is 10.2. The molecule has 1 rings (SSSR count). The second-order valence-electron chi connectivity index (χ2n) is 4.69. The largest absolute Gasteiger partial charge is 0.312 e. The van der Waals surface area contributed by atoms with Crippen molar-refractivity contribution in [3.63, 3.8) is 0 Å². The van der Waals surface area contributed by atoms with E-state index in [1.807, 2.05) is 33.2 Å². The summed E-state index contributed by atoms with van der Waals surface area (Å²) >= 11 is 1.31. The van der Waals surface area contributed by atoms with Crippen LogP contribution in [0, 0.1) is 5.92 Å². The van der Waals surface area contributed by atoms with E-state index in [-0.39, 0.29) is 11.8 Å². The molecule has 0 aliphatic carbocycles. The minimum Gasteiger partial charge on any atom is -0.312 e. The van der Waals surface area contributed by atoms with Gasteiger partial charge in [0.05, 0.1) is 11.4 Å². The number of nitrogens with one attached hydrogen (secondary N) is 2. The highest BCUT2D eigenvalue weighted by Crippen LogP contribution is 2.21. The molecule has 1 atom stereocenters. The molecule has 1 aromatic rings. The van der Waals surface area contributed by atoms with Crippen molar-refractivity contribution < 1.29 is 8.42 Å². The summed E-state index contributed by atoms with van der Waals surface area (Å²) in [6, 6.07) is 0.121. The fraction of sp³-hybridized carbons (Fsp3) is 0.727. The number of anilines is 1. The average molecular weight is 291 g/mol. The Bertz CT molecular complexity index is 468. The van der Waals surface area contributed by atoms with Crippen LogP contribution in [0.15, 0.2) is 5.38 Å². The van der Waals surface area contributed by atoms with Gasteiger partial charge in [-0.05, 0) is 26.3 Å². The van der Waals surface area contributed by atoms with Crippen LogP contribution in [0.1, 0.15) is 38.9 Å². The van der Waals surface area contributed by atoms with Crippen molar-refractivity contribution >= 4 is 26.5 Å². The van der Waals surface area contributed by atoms with Gasteiger partial charge in [-0.25, -0.2) is 13.4 Å². The fourth-order valence-electron chi connectivity index (χ4n) is 1.25. The van der Waals surface area contributed by atoms with Gasteiger partial charge in [0.2, 0.25) is 10.0 Å². The standard InChI is InChI=1S/C11H21N3O2S2/c1-8(2)5-6-18(15,16)14-11-13-10(7-17-11)9(3)12-4/h7-9,12H,5-6H2,1-4H3,(H,13,14). The maximum atomic E-state index is 11.8. The Morgan fingerprint density at radius 1 is 1.39 bits per heavy atom. The van der Waals surface area contributed by atoms with Crippen molar-refractivity contribution in [3.8, 4) is 0 Å². The van der Waals surface area contributed by atoms with E-state index in [0.29, 0.717) is 17.5 Å². The molecule has 0 bridgehead atoms. The normalized spacial score (nSPS) is 13.8. The summed E-state index contributed by atoms with van der Waals surface area (Å²) in [6.45, 7) is 5.99. The van der Waals surface area contributed by atoms with Crippen molar-refractivity contribution in [2.75, 3.05) is 17.5 Å². The number of hydrogen-bond acceptors (Lipinski definition) is 5. The highest BCUT2D eigenvalue weighted by molar-refractivity contribution is 7.92. The number of hydrogen-bond donors (Lipinski definition) is 2. The molecule has 18 heavy (non-hydrogen) atoms. The van der Waals surface area contributed by atoms with Gasteiger partial charge in [0.1, 0.15) is 0 Å². The Morgan fingerprint density at radius 2 is 2.06 bits per heavy atom. The molecule has 0 radical (unpaired) electrons. The summed E-state index contributed by atoms with van der Waals surface area (Å²) in [5.41, 5.74) is 0.851. The summed E-state index contributed by atoms with van der Waals surface area (Å²) in [4.78, 5) is 4.26. The molecular formula is C11H21N3O2S2. The summed E-state index contributed by atoms with van der Waals surface area (Å²) < 4.78 is 26.1. The zero-order valence-corrected chi connectivity index (χ0v) is 12.9. The lowest BCUT2D eigenvalue weighted by molar-refractivity contribution is 0.578. The van der Waals surface area contributed by atoms with Crippen LogP contribution in [0.4, 0.5) is 5.13 Å². The fourth-order valence-corrected chi connectivity index (χ4v) is 3.67. The quantitative estimate of drug-likeness (QED) is 0.808.